The minimum absolute atomic E-state index is 0.124. The number of anilines is 1. The van der Waals surface area contributed by atoms with E-state index >= 15 is 0 Å². The number of nitrogens with zero attached hydrogens (tertiary/aromatic N) is 2. The summed E-state index contributed by atoms with van der Waals surface area (Å²) in [7, 11) is 0. The van der Waals surface area contributed by atoms with E-state index in [-0.39, 0.29) is 12.5 Å². The first kappa shape index (κ1) is 15.0. The predicted molar refractivity (Wildman–Crippen MR) is 77.2 cm³/mol. The average Bonchev–Trinajstić information content (AvgIpc) is 2.54. The van der Waals surface area contributed by atoms with Gasteiger partial charge in [0, 0.05) is 18.7 Å². The van der Waals surface area contributed by atoms with Crippen LogP contribution in [0.5, 0.6) is 0 Å². The summed E-state index contributed by atoms with van der Waals surface area (Å²) in [6.07, 6.45) is 0.700. The second-order valence-corrected chi connectivity index (χ2v) is 4.68. The number of carbonyl (C=O) groups is 2. The maximum Gasteiger partial charge on any atom is 0.245 e. The Bertz CT molecular complexity index is 580. The number of likely N-dealkylation sites (N-methyl/N-ethyl adjacent to an activating group) is 1. The second-order valence-electron chi connectivity index (χ2n) is 4.68. The number of rotatable bonds is 4. The van der Waals surface area contributed by atoms with Crippen LogP contribution in [0.1, 0.15) is 22.8 Å². The highest BCUT2D eigenvalue weighted by Gasteiger charge is 2.30. The van der Waals surface area contributed by atoms with E-state index in [0.29, 0.717) is 42.8 Å². The fraction of sp³-hybridized carbons (Fsp3) is 0.400. The molecule has 1 atom stereocenters. The Hall–Kier alpha value is -2.39. The van der Waals surface area contributed by atoms with E-state index in [1.807, 2.05) is 11.8 Å². The standard InChI is InChI=1S/C15H17N3O3/c1-2-17-15(20)14-10-21-6-5-18(14)13-4-3-11(9-19)7-12(13)8-16/h3-4,7,9,14H,2,5-6,10H2,1H3,(H,17,20). The number of morpholine rings is 1. The van der Waals surface area contributed by atoms with Gasteiger partial charge in [-0.15, -0.1) is 0 Å². The van der Waals surface area contributed by atoms with Gasteiger partial charge in [0.1, 0.15) is 18.4 Å². The Labute approximate surface area is 123 Å². The number of ether oxygens (including phenoxy) is 1. The van der Waals surface area contributed by atoms with Crippen molar-refractivity contribution in [2.24, 2.45) is 0 Å². The molecule has 6 heteroatoms. The third-order valence-electron chi connectivity index (χ3n) is 3.37. The van der Waals surface area contributed by atoms with Gasteiger partial charge in [0.15, 0.2) is 0 Å². The van der Waals surface area contributed by atoms with Crippen LogP contribution >= 0.6 is 0 Å². The van der Waals surface area contributed by atoms with Gasteiger partial charge in [0.25, 0.3) is 0 Å². The number of benzene rings is 1. The Balaban J connectivity index is 2.35. The highest BCUT2D eigenvalue weighted by atomic mass is 16.5. The van der Waals surface area contributed by atoms with E-state index in [4.69, 9.17) is 4.74 Å². The zero-order valence-electron chi connectivity index (χ0n) is 11.8. The van der Waals surface area contributed by atoms with Gasteiger partial charge in [-0.3, -0.25) is 9.59 Å². The van der Waals surface area contributed by atoms with Crippen molar-refractivity contribution in [3.05, 3.63) is 29.3 Å². The summed E-state index contributed by atoms with van der Waals surface area (Å²) >= 11 is 0. The monoisotopic (exact) mass is 287 g/mol. The number of hydrogen-bond donors (Lipinski definition) is 1. The summed E-state index contributed by atoms with van der Waals surface area (Å²) in [5.41, 5.74) is 1.48. The van der Waals surface area contributed by atoms with Crippen LogP contribution < -0.4 is 10.2 Å². The SMILES string of the molecule is CCNC(=O)C1COCCN1c1ccc(C=O)cc1C#N. The topological polar surface area (TPSA) is 82.4 Å². The van der Waals surface area contributed by atoms with Gasteiger partial charge in [-0.25, -0.2) is 0 Å². The Morgan fingerprint density at radius 2 is 2.43 bits per heavy atom. The molecule has 1 aliphatic heterocycles. The number of nitriles is 1. The fourth-order valence-corrected chi connectivity index (χ4v) is 2.37. The van der Waals surface area contributed by atoms with E-state index < -0.39 is 6.04 Å². The number of aldehydes is 1. The molecule has 1 saturated heterocycles. The van der Waals surface area contributed by atoms with Crippen molar-refractivity contribution in [1.29, 1.82) is 5.26 Å². The molecule has 0 aliphatic carbocycles. The highest BCUT2D eigenvalue weighted by Crippen LogP contribution is 2.25. The molecule has 0 bridgehead atoms. The summed E-state index contributed by atoms with van der Waals surface area (Å²) in [4.78, 5) is 24.8. The molecular formula is C15H17N3O3. The molecule has 110 valence electrons. The van der Waals surface area contributed by atoms with E-state index in [1.54, 1.807) is 12.1 Å². The smallest absolute Gasteiger partial charge is 0.245 e. The third-order valence-corrected chi connectivity index (χ3v) is 3.37. The molecule has 1 fully saturated rings. The first-order chi connectivity index (χ1) is 10.2. The van der Waals surface area contributed by atoms with E-state index in [9.17, 15) is 14.9 Å². The molecule has 1 aromatic carbocycles. The molecule has 0 radical (unpaired) electrons. The van der Waals surface area contributed by atoms with Crippen molar-refractivity contribution < 1.29 is 14.3 Å². The highest BCUT2D eigenvalue weighted by molar-refractivity contribution is 5.87. The van der Waals surface area contributed by atoms with Gasteiger partial charge in [0.2, 0.25) is 5.91 Å². The molecule has 1 aliphatic rings. The summed E-state index contributed by atoms with van der Waals surface area (Å²) in [5, 5.41) is 12.0. The van der Waals surface area contributed by atoms with Crippen LogP contribution in [0, 0.1) is 11.3 Å². The van der Waals surface area contributed by atoms with Crippen molar-refractivity contribution in [3.63, 3.8) is 0 Å². The fourth-order valence-electron chi connectivity index (χ4n) is 2.37. The van der Waals surface area contributed by atoms with Gasteiger partial charge in [0.05, 0.1) is 24.5 Å². The van der Waals surface area contributed by atoms with Gasteiger partial charge < -0.3 is 15.0 Å². The lowest BCUT2D eigenvalue weighted by Crippen LogP contribution is -2.54. The lowest BCUT2D eigenvalue weighted by atomic mass is 10.1. The van der Waals surface area contributed by atoms with Crippen LogP contribution in [-0.2, 0) is 9.53 Å². The maximum atomic E-state index is 12.1. The lowest BCUT2D eigenvalue weighted by molar-refractivity contribution is -0.124. The Morgan fingerprint density at radius 3 is 3.10 bits per heavy atom. The van der Waals surface area contributed by atoms with Crippen molar-refractivity contribution in [2.45, 2.75) is 13.0 Å². The number of carbonyl (C=O) groups excluding carboxylic acids is 2. The van der Waals surface area contributed by atoms with Crippen molar-refractivity contribution in [3.8, 4) is 6.07 Å². The quantitative estimate of drug-likeness (QED) is 0.825. The molecule has 6 nitrogen and oxygen atoms in total. The molecule has 2 rings (SSSR count). The maximum absolute atomic E-state index is 12.1. The Kier molecular flexibility index (Phi) is 4.90. The zero-order chi connectivity index (χ0) is 15.2. The van der Waals surface area contributed by atoms with Crippen LogP contribution in [0.2, 0.25) is 0 Å². The molecular weight excluding hydrogens is 270 g/mol. The molecule has 0 spiro atoms. The lowest BCUT2D eigenvalue weighted by Gasteiger charge is -2.36. The van der Waals surface area contributed by atoms with Crippen LogP contribution in [0.15, 0.2) is 18.2 Å². The number of hydrogen-bond acceptors (Lipinski definition) is 5. The van der Waals surface area contributed by atoms with Crippen LogP contribution in [0.3, 0.4) is 0 Å². The minimum atomic E-state index is -0.465. The van der Waals surface area contributed by atoms with Gasteiger partial charge in [-0.05, 0) is 25.1 Å². The van der Waals surface area contributed by atoms with E-state index in [1.165, 1.54) is 6.07 Å². The van der Waals surface area contributed by atoms with Crippen LogP contribution in [0.4, 0.5) is 5.69 Å². The summed E-state index contributed by atoms with van der Waals surface area (Å²) in [5.74, 6) is -0.124. The largest absolute Gasteiger partial charge is 0.377 e. The molecule has 0 saturated carbocycles. The van der Waals surface area contributed by atoms with E-state index in [2.05, 4.69) is 11.4 Å². The molecule has 1 unspecified atom stereocenters. The van der Waals surface area contributed by atoms with Crippen molar-refractivity contribution >= 4 is 17.9 Å². The molecule has 1 amide bonds. The summed E-state index contributed by atoms with van der Waals surface area (Å²) < 4.78 is 5.38. The predicted octanol–water partition coefficient (Wildman–Crippen LogP) is 0.712. The van der Waals surface area contributed by atoms with Crippen molar-refractivity contribution in [1.82, 2.24) is 5.32 Å². The Morgan fingerprint density at radius 1 is 1.62 bits per heavy atom. The first-order valence-corrected chi connectivity index (χ1v) is 6.82. The first-order valence-electron chi connectivity index (χ1n) is 6.82. The number of nitrogens with one attached hydrogen (secondary N) is 1. The number of amides is 1. The third kappa shape index (κ3) is 3.20. The summed E-state index contributed by atoms with van der Waals surface area (Å²) in [6.45, 7) is 3.70. The van der Waals surface area contributed by atoms with Crippen molar-refractivity contribution in [2.75, 3.05) is 31.2 Å². The van der Waals surface area contributed by atoms with Crippen LogP contribution in [0.25, 0.3) is 0 Å². The molecule has 21 heavy (non-hydrogen) atoms. The molecule has 1 heterocycles. The van der Waals surface area contributed by atoms with Gasteiger partial charge >= 0.3 is 0 Å². The minimum Gasteiger partial charge on any atom is -0.377 e. The molecule has 0 aromatic heterocycles. The molecule has 1 N–H and O–H groups in total. The summed E-state index contributed by atoms with van der Waals surface area (Å²) in [6, 6.07) is 6.51. The van der Waals surface area contributed by atoms with E-state index in [0.717, 1.165) is 0 Å². The van der Waals surface area contributed by atoms with Gasteiger partial charge in [-0.1, -0.05) is 0 Å². The average molecular weight is 287 g/mol. The molecule has 1 aromatic rings. The van der Waals surface area contributed by atoms with Crippen LogP contribution in [-0.4, -0.2) is 44.5 Å². The van der Waals surface area contributed by atoms with Gasteiger partial charge in [-0.2, -0.15) is 5.26 Å². The normalized spacial score (nSPS) is 17.9. The second kappa shape index (κ2) is 6.86. The zero-order valence-corrected chi connectivity index (χ0v) is 11.8.